The molecule has 0 fully saturated rings. The zero-order valence-corrected chi connectivity index (χ0v) is 31.7. The van der Waals surface area contributed by atoms with Crippen molar-refractivity contribution in [3.63, 3.8) is 0 Å². The molecule has 13 heteroatoms. The lowest BCUT2D eigenvalue weighted by Gasteiger charge is -2.49. The van der Waals surface area contributed by atoms with E-state index in [0.717, 1.165) is 29.7 Å². The molecule has 0 saturated heterocycles. The van der Waals surface area contributed by atoms with Crippen molar-refractivity contribution in [2.45, 2.75) is 51.6 Å². The van der Waals surface area contributed by atoms with Crippen LogP contribution in [0.3, 0.4) is 0 Å². The largest absolute Gasteiger partial charge is 0.497 e. The number of pyridine rings is 1. The lowest BCUT2D eigenvalue weighted by Crippen LogP contribution is -2.61. The molecule has 1 amide bonds. The molecule has 1 aliphatic rings. The number of fused-ring (bicyclic) bond motifs is 1. The molecule has 0 saturated carbocycles. The van der Waals surface area contributed by atoms with Crippen LogP contribution in [0.5, 0.6) is 23.0 Å². The zero-order chi connectivity index (χ0) is 39.8. The standard InChI is InChI=1S/C43H44F3N3O7/c1-5-6-22-55-42-37(50)19-21-48-41(42)43(51)47(2)39(20-23-54-26-28-7-15-32(52-3)16-8-28)49(48)40(30-11-13-31(44)14-12-30)34-24-35(45)36(46)25-38(34)56-27-29-9-17-33(53-4)18-10-29/h7-19,21,24-25,39-40H,5-6,20,22-23,26-27H2,1-4H3. The summed E-state index contributed by atoms with van der Waals surface area (Å²) >= 11 is 0. The fourth-order valence-electron chi connectivity index (χ4n) is 6.59. The van der Waals surface area contributed by atoms with Gasteiger partial charge in [-0.1, -0.05) is 49.7 Å². The van der Waals surface area contributed by atoms with Gasteiger partial charge in [-0.2, -0.15) is 0 Å². The lowest BCUT2D eigenvalue weighted by molar-refractivity contribution is 0.0497. The highest BCUT2D eigenvalue weighted by Crippen LogP contribution is 2.40. The van der Waals surface area contributed by atoms with Crippen molar-refractivity contribution < 1.29 is 41.7 Å². The first kappa shape index (κ1) is 39.7. The first-order valence-electron chi connectivity index (χ1n) is 18.3. The van der Waals surface area contributed by atoms with Gasteiger partial charge in [0.15, 0.2) is 23.1 Å². The normalized spacial score (nSPS) is 14.3. The van der Waals surface area contributed by atoms with Gasteiger partial charge in [-0.05, 0) is 65.6 Å². The van der Waals surface area contributed by atoms with E-state index in [9.17, 15) is 14.0 Å². The number of nitrogens with zero attached hydrogens (tertiary/aromatic N) is 3. The van der Waals surface area contributed by atoms with Crippen LogP contribution in [0.2, 0.25) is 0 Å². The minimum atomic E-state index is -1.14. The second-order valence-corrected chi connectivity index (χ2v) is 13.3. The Balaban J connectivity index is 1.48. The molecule has 1 aromatic heterocycles. The Bertz CT molecular complexity index is 2160. The molecule has 0 spiro atoms. The van der Waals surface area contributed by atoms with Crippen LogP contribution in [0.15, 0.2) is 102 Å². The number of benzene rings is 4. The molecule has 1 aliphatic heterocycles. The summed E-state index contributed by atoms with van der Waals surface area (Å²) in [5.41, 5.74) is 1.71. The van der Waals surface area contributed by atoms with Crippen molar-refractivity contribution in [3.8, 4) is 23.0 Å². The monoisotopic (exact) mass is 771 g/mol. The highest BCUT2D eigenvalue weighted by atomic mass is 19.2. The molecule has 56 heavy (non-hydrogen) atoms. The molecule has 2 unspecified atom stereocenters. The van der Waals surface area contributed by atoms with Crippen LogP contribution < -0.4 is 29.4 Å². The van der Waals surface area contributed by atoms with Crippen LogP contribution in [0, 0.1) is 17.5 Å². The van der Waals surface area contributed by atoms with Gasteiger partial charge in [0.1, 0.15) is 41.9 Å². The maximum absolute atomic E-state index is 15.5. The third-order valence-corrected chi connectivity index (χ3v) is 9.60. The average molecular weight is 772 g/mol. The Morgan fingerprint density at radius 3 is 2.00 bits per heavy atom. The fourth-order valence-corrected chi connectivity index (χ4v) is 6.59. The number of ether oxygens (including phenoxy) is 5. The molecule has 2 atom stereocenters. The SMILES string of the molecule is CCCCOc1c2n(ccc1=O)N(C(c1ccc(F)cc1)c1cc(F)c(F)cc1OCc1ccc(OC)cc1)C(CCOCc1ccc(OC)cc1)N(C)C2=O. The quantitative estimate of drug-likeness (QED) is 0.0886. The van der Waals surface area contributed by atoms with Gasteiger partial charge >= 0.3 is 0 Å². The Labute approximate surface area is 323 Å². The number of carbonyl (C=O) groups excluding carboxylic acids is 1. The van der Waals surface area contributed by atoms with E-state index in [1.807, 2.05) is 31.2 Å². The van der Waals surface area contributed by atoms with E-state index < -0.39 is 41.0 Å². The van der Waals surface area contributed by atoms with Crippen molar-refractivity contribution in [1.29, 1.82) is 0 Å². The fraction of sp³-hybridized carbons (Fsp3) is 0.302. The lowest BCUT2D eigenvalue weighted by atomic mass is 9.95. The molecule has 2 heterocycles. The molecular weight excluding hydrogens is 727 g/mol. The average Bonchev–Trinajstić information content (AvgIpc) is 3.21. The minimum absolute atomic E-state index is 0.00474. The number of amides is 1. The van der Waals surface area contributed by atoms with Crippen LogP contribution in [0.4, 0.5) is 13.2 Å². The Hall–Kier alpha value is -5.95. The molecule has 0 radical (unpaired) electrons. The number of carbonyl (C=O) groups is 1. The molecule has 0 aliphatic carbocycles. The van der Waals surface area contributed by atoms with Crippen LogP contribution in [0.25, 0.3) is 0 Å². The van der Waals surface area contributed by atoms with E-state index in [1.54, 1.807) is 50.5 Å². The van der Waals surface area contributed by atoms with Crippen molar-refractivity contribution in [1.82, 2.24) is 9.58 Å². The topological polar surface area (TPSA) is 91.7 Å². The van der Waals surface area contributed by atoms with Gasteiger partial charge in [0.05, 0.1) is 34.0 Å². The van der Waals surface area contributed by atoms with Crippen LogP contribution in [-0.4, -0.2) is 56.1 Å². The predicted molar refractivity (Wildman–Crippen MR) is 204 cm³/mol. The molecule has 5 aromatic rings. The third-order valence-electron chi connectivity index (χ3n) is 9.60. The van der Waals surface area contributed by atoms with Gasteiger partial charge in [0, 0.05) is 37.4 Å². The first-order valence-corrected chi connectivity index (χ1v) is 18.3. The summed E-state index contributed by atoms with van der Waals surface area (Å²) in [5.74, 6) is -2.09. The number of rotatable bonds is 17. The number of halogens is 3. The van der Waals surface area contributed by atoms with Gasteiger partial charge in [0.25, 0.3) is 5.91 Å². The molecule has 10 nitrogen and oxygen atoms in total. The summed E-state index contributed by atoms with van der Waals surface area (Å²) in [4.78, 5) is 29.1. The molecule has 4 aromatic carbocycles. The van der Waals surface area contributed by atoms with Crippen molar-refractivity contribution in [2.75, 3.05) is 39.5 Å². The summed E-state index contributed by atoms with van der Waals surface area (Å²) in [6.45, 7) is 2.58. The van der Waals surface area contributed by atoms with Gasteiger partial charge in [-0.25, -0.2) is 13.2 Å². The molecule has 6 rings (SSSR count). The van der Waals surface area contributed by atoms with Gasteiger partial charge < -0.3 is 28.6 Å². The predicted octanol–water partition coefficient (Wildman–Crippen LogP) is 7.79. The maximum atomic E-state index is 15.5. The van der Waals surface area contributed by atoms with E-state index >= 15 is 8.78 Å². The summed E-state index contributed by atoms with van der Waals surface area (Å²) in [7, 11) is 4.73. The van der Waals surface area contributed by atoms with Gasteiger partial charge in [0.2, 0.25) is 5.43 Å². The third kappa shape index (κ3) is 8.78. The van der Waals surface area contributed by atoms with Gasteiger partial charge in [-0.3, -0.25) is 19.3 Å². The summed E-state index contributed by atoms with van der Waals surface area (Å²) in [6.07, 6.45) is 2.29. The zero-order valence-electron chi connectivity index (χ0n) is 31.7. The summed E-state index contributed by atoms with van der Waals surface area (Å²) in [5, 5.41) is 1.76. The van der Waals surface area contributed by atoms with E-state index in [4.69, 9.17) is 23.7 Å². The second-order valence-electron chi connectivity index (χ2n) is 13.3. The van der Waals surface area contributed by atoms with Crippen LogP contribution in [-0.2, 0) is 18.0 Å². The maximum Gasteiger partial charge on any atom is 0.277 e. The second kappa shape index (κ2) is 18.1. The number of unbranched alkanes of at least 4 members (excludes halogenated alkanes) is 1. The van der Waals surface area contributed by atoms with Crippen LogP contribution >= 0.6 is 0 Å². The first-order chi connectivity index (χ1) is 27.1. The smallest absolute Gasteiger partial charge is 0.277 e. The van der Waals surface area contributed by atoms with E-state index in [1.165, 1.54) is 46.1 Å². The Morgan fingerprint density at radius 2 is 1.38 bits per heavy atom. The number of hydrogen-bond donors (Lipinski definition) is 0. The molecule has 0 N–H and O–H groups in total. The van der Waals surface area contributed by atoms with Crippen molar-refractivity contribution in [3.05, 3.63) is 153 Å². The highest BCUT2D eigenvalue weighted by Gasteiger charge is 2.43. The molecular formula is C43H44F3N3O7. The van der Waals surface area contributed by atoms with E-state index in [2.05, 4.69) is 0 Å². The Kier molecular flexibility index (Phi) is 12.9. The number of hydrogen-bond acceptors (Lipinski definition) is 8. The number of methoxy groups -OCH3 is 2. The van der Waals surface area contributed by atoms with Crippen molar-refractivity contribution in [2.24, 2.45) is 0 Å². The van der Waals surface area contributed by atoms with Crippen LogP contribution in [0.1, 0.15) is 65.0 Å². The highest BCUT2D eigenvalue weighted by molar-refractivity contribution is 5.96. The Morgan fingerprint density at radius 1 is 0.750 bits per heavy atom. The van der Waals surface area contributed by atoms with Crippen molar-refractivity contribution >= 4 is 5.91 Å². The molecule has 294 valence electrons. The minimum Gasteiger partial charge on any atom is -0.497 e. The number of aromatic nitrogens is 1. The van der Waals surface area contributed by atoms with E-state index in [-0.39, 0.29) is 55.6 Å². The molecule has 0 bridgehead atoms. The summed E-state index contributed by atoms with van der Waals surface area (Å²) < 4.78 is 75.5. The van der Waals surface area contributed by atoms with E-state index in [0.29, 0.717) is 23.5 Å². The summed E-state index contributed by atoms with van der Waals surface area (Å²) in [6, 6.07) is 22.4. The van der Waals surface area contributed by atoms with Gasteiger partial charge in [-0.15, -0.1) is 0 Å².